The molecule has 0 spiro atoms. The van der Waals surface area contributed by atoms with Crippen molar-refractivity contribution < 1.29 is 17.4 Å². The highest BCUT2D eigenvalue weighted by Crippen LogP contribution is 2.23. The molecule has 1 saturated heterocycles. The fraction of sp³-hybridized carbons (Fsp3) is 0.364. The number of carbonyl (C=O) groups excluding carboxylic acids is 1. The third-order valence-electron chi connectivity index (χ3n) is 4.93. The van der Waals surface area contributed by atoms with Crippen molar-refractivity contribution in [3.05, 3.63) is 54.1 Å². The summed E-state index contributed by atoms with van der Waals surface area (Å²) in [7, 11) is -3.55. The summed E-state index contributed by atoms with van der Waals surface area (Å²) >= 11 is 0. The molecule has 2 atom stereocenters. The number of piperidine rings is 1. The summed E-state index contributed by atoms with van der Waals surface area (Å²) in [5, 5.41) is 15.5. The highest BCUT2D eigenvalue weighted by Gasteiger charge is 2.23. The Kier molecular flexibility index (Phi) is 7.08. The van der Waals surface area contributed by atoms with Gasteiger partial charge in [-0.25, -0.2) is 0 Å². The zero-order valence-corrected chi connectivity index (χ0v) is 17.6. The number of benzene rings is 2. The highest BCUT2D eigenvalue weighted by molar-refractivity contribution is 7.86. The van der Waals surface area contributed by atoms with Crippen LogP contribution in [0.15, 0.2) is 48.5 Å². The first-order valence-electron chi connectivity index (χ1n) is 9.86. The van der Waals surface area contributed by atoms with Crippen LogP contribution in [0.5, 0.6) is 5.75 Å². The number of carbonyl (C=O) groups is 1. The Bertz CT molecular complexity index is 1010. The molecule has 0 saturated carbocycles. The average Bonchev–Trinajstić information content (AvgIpc) is 2.74. The van der Waals surface area contributed by atoms with Crippen molar-refractivity contribution in [2.45, 2.75) is 37.8 Å². The first kappa shape index (κ1) is 21.8. The van der Waals surface area contributed by atoms with Crippen molar-refractivity contribution in [3.63, 3.8) is 0 Å². The van der Waals surface area contributed by atoms with E-state index in [4.69, 9.17) is 4.18 Å². The van der Waals surface area contributed by atoms with Crippen LogP contribution in [0.25, 0.3) is 11.1 Å². The van der Waals surface area contributed by atoms with Gasteiger partial charge in [0, 0.05) is 6.42 Å². The molecule has 1 amide bonds. The minimum atomic E-state index is -3.55. The molecule has 2 aromatic carbocycles. The van der Waals surface area contributed by atoms with Crippen LogP contribution in [-0.2, 0) is 21.3 Å². The van der Waals surface area contributed by atoms with E-state index in [1.165, 1.54) is 0 Å². The van der Waals surface area contributed by atoms with Gasteiger partial charge in [0.05, 0.1) is 18.4 Å². The number of amides is 1. The molecule has 1 aliphatic heterocycles. The summed E-state index contributed by atoms with van der Waals surface area (Å²) in [4.78, 5) is 12.3. The van der Waals surface area contributed by atoms with Gasteiger partial charge in [-0.1, -0.05) is 42.8 Å². The summed E-state index contributed by atoms with van der Waals surface area (Å²) in [6.07, 6.45) is 4.32. The van der Waals surface area contributed by atoms with Crippen LogP contribution in [0.4, 0.5) is 0 Å². The second kappa shape index (κ2) is 9.74. The summed E-state index contributed by atoms with van der Waals surface area (Å²) in [5.74, 6) is 0.146. The van der Waals surface area contributed by atoms with Crippen LogP contribution in [0.3, 0.4) is 0 Å². The first-order chi connectivity index (χ1) is 14.3. The van der Waals surface area contributed by atoms with Gasteiger partial charge in [0.1, 0.15) is 11.8 Å². The highest BCUT2D eigenvalue weighted by atomic mass is 32.2. The van der Waals surface area contributed by atoms with Crippen LogP contribution in [-0.4, -0.2) is 39.2 Å². The second-order valence-electron chi connectivity index (χ2n) is 7.41. The summed E-state index contributed by atoms with van der Waals surface area (Å²) in [5.41, 5.74) is 2.81. The third-order valence-corrected chi connectivity index (χ3v) is 5.42. The van der Waals surface area contributed by atoms with E-state index in [0.29, 0.717) is 6.42 Å². The van der Waals surface area contributed by atoms with Gasteiger partial charge >= 0.3 is 10.1 Å². The molecule has 2 N–H and O–H groups in total. The molecule has 8 heteroatoms. The minimum Gasteiger partial charge on any atom is -0.383 e. The first-order valence-corrected chi connectivity index (χ1v) is 11.7. The van der Waals surface area contributed by atoms with E-state index < -0.39 is 16.2 Å². The third kappa shape index (κ3) is 6.31. The van der Waals surface area contributed by atoms with Crippen LogP contribution in [0, 0.1) is 11.3 Å². The number of nitrogens with zero attached hydrogens (tertiary/aromatic N) is 1. The van der Waals surface area contributed by atoms with Crippen molar-refractivity contribution in [2.24, 2.45) is 0 Å². The molecule has 7 nitrogen and oxygen atoms in total. The fourth-order valence-corrected chi connectivity index (χ4v) is 3.88. The Balaban J connectivity index is 1.60. The fourth-order valence-electron chi connectivity index (χ4n) is 3.42. The molecule has 2 aromatic rings. The van der Waals surface area contributed by atoms with Crippen molar-refractivity contribution >= 4 is 16.0 Å². The molecule has 0 unspecified atom stereocenters. The lowest BCUT2D eigenvalue weighted by Crippen LogP contribution is -2.49. The monoisotopic (exact) mass is 427 g/mol. The standard InChI is InChI=1S/C22H25N3O4S/c1-30(27,28)29-20-11-9-18(10-12-20)17-7-5-16(6-8-17)14-19(15-23)25-22(26)21-4-2-3-13-24-21/h5-12,19,21,24H,2-4,13-14H2,1H3,(H,25,26)/t19-,21-/m0/s1. The predicted molar refractivity (Wildman–Crippen MR) is 114 cm³/mol. The molecule has 3 rings (SSSR count). The molecular weight excluding hydrogens is 402 g/mol. The van der Waals surface area contributed by atoms with Crippen molar-refractivity contribution in [1.29, 1.82) is 5.26 Å². The number of hydrogen-bond acceptors (Lipinski definition) is 6. The van der Waals surface area contributed by atoms with E-state index in [9.17, 15) is 18.5 Å². The number of rotatable bonds is 7. The molecule has 158 valence electrons. The van der Waals surface area contributed by atoms with E-state index in [2.05, 4.69) is 16.7 Å². The van der Waals surface area contributed by atoms with Crippen molar-refractivity contribution in [2.75, 3.05) is 12.8 Å². The second-order valence-corrected chi connectivity index (χ2v) is 8.98. The van der Waals surface area contributed by atoms with Crippen LogP contribution in [0.2, 0.25) is 0 Å². The maximum atomic E-state index is 12.3. The zero-order valence-electron chi connectivity index (χ0n) is 16.8. The van der Waals surface area contributed by atoms with Crippen molar-refractivity contribution in [3.8, 4) is 22.9 Å². The molecule has 0 aliphatic carbocycles. The maximum Gasteiger partial charge on any atom is 0.306 e. The Morgan fingerprint density at radius 1 is 1.17 bits per heavy atom. The minimum absolute atomic E-state index is 0.116. The Morgan fingerprint density at radius 3 is 2.33 bits per heavy atom. The van der Waals surface area contributed by atoms with Gasteiger partial charge in [0.25, 0.3) is 0 Å². The molecule has 0 bridgehead atoms. The van der Waals surface area contributed by atoms with Crippen molar-refractivity contribution in [1.82, 2.24) is 10.6 Å². The van der Waals surface area contributed by atoms with Gasteiger partial charge in [-0.05, 0) is 48.2 Å². The average molecular weight is 428 g/mol. The maximum absolute atomic E-state index is 12.3. The molecular formula is C22H25N3O4S. The smallest absolute Gasteiger partial charge is 0.306 e. The Hall–Kier alpha value is -2.89. The van der Waals surface area contributed by atoms with Gasteiger partial charge in [0.2, 0.25) is 5.91 Å². The summed E-state index contributed by atoms with van der Waals surface area (Å²) < 4.78 is 27.2. The summed E-state index contributed by atoms with van der Waals surface area (Å²) in [6, 6.07) is 15.8. The lowest BCUT2D eigenvalue weighted by Gasteiger charge is -2.23. The molecule has 1 heterocycles. The summed E-state index contributed by atoms with van der Waals surface area (Å²) in [6.45, 7) is 0.831. The van der Waals surface area contributed by atoms with Gasteiger partial charge in [-0.15, -0.1) is 0 Å². The van der Waals surface area contributed by atoms with E-state index in [0.717, 1.165) is 48.8 Å². The van der Waals surface area contributed by atoms with Gasteiger partial charge in [-0.2, -0.15) is 13.7 Å². The number of nitrogens with one attached hydrogen (secondary N) is 2. The Morgan fingerprint density at radius 2 is 1.80 bits per heavy atom. The predicted octanol–water partition coefficient (Wildman–Crippen LogP) is 2.38. The molecule has 30 heavy (non-hydrogen) atoms. The normalized spacial score (nSPS) is 17.5. The molecule has 1 fully saturated rings. The van der Waals surface area contributed by atoms with Gasteiger partial charge < -0.3 is 14.8 Å². The van der Waals surface area contributed by atoms with Gasteiger partial charge in [0.15, 0.2) is 0 Å². The molecule has 0 radical (unpaired) electrons. The SMILES string of the molecule is CS(=O)(=O)Oc1ccc(-c2ccc(C[C@@H](C#N)NC(=O)[C@@H]3CCCCN3)cc2)cc1. The molecule has 1 aliphatic rings. The number of nitriles is 1. The Labute approximate surface area is 177 Å². The van der Waals surface area contributed by atoms with E-state index in [1.807, 2.05) is 24.3 Å². The van der Waals surface area contributed by atoms with Crippen LogP contribution < -0.4 is 14.8 Å². The van der Waals surface area contributed by atoms with E-state index in [-0.39, 0.29) is 17.7 Å². The zero-order chi connectivity index (χ0) is 21.6. The largest absolute Gasteiger partial charge is 0.383 e. The van der Waals surface area contributed by atoms with E-state index >= 15 is 0 Å². The topological polar surface area (TPSA) is 108 Å². The van der Waals surface area contributed by atoms with Gasteiger partial charge in [-0.3, -0.25) is 4.79 Å². The lowest BCUT2D eigenvalue weighted by atomic mass is 10.00. The molecule has 0 aromatic heterocycles. The van der Waals surface area contributed by atoms with Crippen LogP contribution >= 0.6 is 0 Å². The van der Waals surface area contributed by atoms with Crippen LogP contribution in [0.1, 0.15) is 24.8 Å². The lowest BCUT2D eigenvalue weighted by molar-refractivity contribution is -0.124. The van der Waals surface area contributed by atoms with E-state index in [1.54, 1.807) is 24.3 Å². The quantitative estimate of drug-likeness (QED) is 0.657. The number of hydrogen-bond donors (Lipinski definition) is 2.